The first-order valence-corrected chi connectivity index (χ1v) is 11.5. The molecule has 7 nitrogen and oxygen atoms in total. The van der Waals surface area contributed by atoms with E-state index in [1.165, 1.54) is 5.56 Å². The van der Waals surface area contributed by atoms with Crippen molar-refractivity contribution in [2.24, 2.45) is 0 Å². The molecule has 0 radical (unpaired) electrons. The summed E-state index contributed by atoms with van der Waals surface area (Å²) >= 11 is 0. The number of nitrogens with zero attached hydrogens (tertiary/aromatic N) is 5. The second-order valence-electron chi connectivity index (χ2n) is 8.61. The Morgan fingerprint density at radius 1 is 0.829 bits per heavy atom. The van der Waals surface area contributed by atoms with Crippen molar-refractivity contribution >= 4 is 11.7 Å². The molecule has 5 rings (SSSR count). The lowest BCUT2D eigenvalue weighted by molar-refractivity contribution is 0.102. The normalized spacial score (nSPS) is 10.9. The van der Waals surface area contributed by atoms with E-state index in [4.69, 9.17) is 5.10 Å². The summed E-state index contributed by atoms with van der Waals surface area (Å²) in [6.45, 7) is 5.20. The Morgan fingerprint density at radius 3 is 2.29 bits per heavy atom. The maximum absolute atomic E-state index is 13.3. The van der Waals surface area contributed by atoms with Crippen LogP contribution in [-0.4, -0.2) is 30.5 Å². The lowest BCUT2D eigenvalue weighted by Crippen LogP contribution is -2.13. The lowest BCUT2D eigenvalue weighted by atomic mass is 10.1. The predicted molar refractivity (Wildman–Crippen MR) is 136 cm³/mol. The number of aromatic nitrogens is 5. The molecule has 0 spiro atoms. The summed E-state index contributed by atoms with van der Waals surface area (Å²) in [7, 11) is 0. The highest BCUT2D eigenvalue weighted by molar-refractivity contribution is 6.07. The summed E-state index contributed by atoms with van der Waals surface area (Å²) in [5.41, 5.74) is 6.41. The lowest BCUT2D eigenvalue weighted by Gasteiger charge is -2.04. The third kappa shape index (κ3) is 5.35. The first-order valence-electron chi connectivity index (χ1n) is 11.5. The van der Waals surface area contributed by atoms with Crippen LogP contribution in [0.3, 0.4) is 0 Å². The molecule has 0 aliphatic rings. The van der Waals surface area contributed by atoms with E-state index in [9.17, 15) is 4.79 Å². The Balaban J connectivity index is 1.40. The molecular weight excluding hydrogens is 436 g/mol. The average molecular weight is 463 g/mol. The Morgan fingerprint density at radius 2 is 1.57 bits per heavy atom. The Hall–Kier alpha value is -4.52. The van der Waals surface area contributed by atoms with Gasteiger partial charge in [-0.05, 0) is 31.5 Å². The zero-order valence-corrected chi connectivity index (χ0v) is 19.7. The Bertz CT molecular complexity index is 1430. The second kappa shape index (κ2) is 9.77. The Kier molecular flexibility index (Phi) is 6.22. The van der Waals surface area contributed by atoms with Crippen molar-refractivity contribution < 1.29 is 4.79 Å². The smallest absolute Gasteiger partial charge is 0.260 e. The molecule has 0 saturated heterocycles. The van der Waals surface area contributed by atoms with Gasteiger partial charge in [0.25, 0.3) is 5.91 Å². The SMILES string of the molecule is Cc1ccc(Cn2cc(C(=O)Nc3ccn(Cc4ccccn4)n3)c(-c3ccc(C)cc3)n2)cc1. The van der Waals surface area contributed by atoms with Crippen LogP contribution in [0.2, 0.25) is 0 Å². The third-order valence-corrected chi connectivity index (χ3v) is 5.73. The molecule has 0 unspecified atom stereocenters. The van der Waals surface area contributed by atoms with E-state index in [-0.39, 0.29) is 5.91 Å². The van der Waals surface area contributed by atoms with Crippen molar-refractivity contribution in [1.82, 2.24) is 24.5 Å². The highest BCUT2D eigenvalue weighted by atomic mass is 16.1. The van der Waals surface area contributed by atoms with E-state index < -0.39 is 0 Å². The zero-order chi connectivity index (χ0) is 24.2. The van der Waals surface area contributed by atoms with E-state index in [2.05, 4.69) is 46.6 Å². The molecular formula is C28H26N6O. The Labute approximate surface area is 204 Å². The van der Waals surface area contributed by atoms with Crippen LogP contribution in [0.5, 0.6) is 0 Å². The topological polar surface area (TPSA) is 77.6 Å². The van der Waals surface area contributed by atoms with Crippen molar-refractivity contribution in [3.63, 3.8) is 0 Å². The molecule has 35 heavy (non-hydrogen) atoms. The van der Waals surface area contributed by atoms with Crippen molar-refractivity contribution in [3.8, 4) is 11.3 Å². The van der Waals surface area contributed by atoms with Gasteiger partial charge < -0.3 is 5.32 Å². The molecule has 1 N–H and O–H groups in total. The van der Waals surface area contributed by atoms with Gasteiger partial charge in [0.1, 0.15) is 5.69 Å². The molecule has 174 valence electrons. The zero-order valence-electron chi connectivity index (χ0n) is 19.7. The molecule has 0 saturated carbocycles. The van der Waals surface area contributed by atoms with E-state index >= 15 is 0 Å². The molecule has 2 aromatic carbocycles. The number of rotatable bonds is 7. The van der Waals surface area contributed by atoms with Gasteiger partial charge in [-0.3, -0.25) is 19.1 Å². The van der Waals surface area contributed by atoms with Crippen LogP contribution >= 0.6 is 0 Å². The van der Waals surface area contributed by atoms with E-state index in [0.29, 0.717) is 30.2 Å². The summed E-state index contributed by atoms with van der Waals surface area (Å²) in [5, 5.41) is 12.2. The predicted octanol–water partition coefficient (Wildman–Crippen LogP) is 5.11. The first-order chi connectivity index (χ1) is 17.0. The minimum Gasteiger partial charge on any atom is -0.305 e. The number of hydrogen-bond donors (Lipinski definition) is 1. The third-order valence-electron chi connectivity index (χ3n) is 5.73. The van der Waals surface area contributed by atoms with E-state index in [0.717, 1.165) is 22.4 Å². The maximum Gasteiger partial charge on any atom is 0.260 e. The van der Waals surface area contributed by atoms with Gasteiger partial charge in [-0.15, -0.1) is 0 Å². The maximum atomic E-state index is 13.3. The highest BCUT2D eigenvalue weighted by Gasteiger charge is 2.19. The summed E-state index contributed by atoms with van der Waals surface area (Å²) in [4.78, 5) is 17.7. The van der Waals surface area contributed by atoms with Crippen LogP contribution in [0.4, 0.5) is 5.82 Å². The van der Waals surface area contributed by atoms with Gasteiger partial charge >= 0.3 is 0 Å². The van der Waals surface area contributed by atoms with Crippen molar-refractivity contribution in [2.45, 2.75) is 26.9 Å². The monoisotopic (exact) mass is 462 g/mol. The highest BCUT2D eigenvalue weighted by Crippen LogP contribution is 2.24. The van der Waals surface area contributed by atoms with Crippen LogP contribution < -0.4 is 5.32 Å². The fourth-order valence-electron chi connectivity index (χ4n) is 3.83. The number of anilines is 1. The summed E-state index contributed by atoms with van der Waals surface area (Å²) in [6.07, 6.45) is 5.38. The van der Waals surface area contributed by atoms with Gasteiger partial charge in [-0.1, -0.05) is 65.7 Å². The summed E-state index contributed by atoms with van der Waals surface area (Å²) < 4.78 is 3.56. The standard InChI is InChI=1S/C28H26N6O/c1-20-6-10-22(11-7-20)17-34-19-25(27(32-34)23-12-8-21(2)9-13-23)28(35)30-26-14-16-33(31-26)18-24-5-3-4-15-29-24/h3-16,19H,17-18H2,1-2H3,(H,30,31,35). The van der Waals surface area contributed by atoms with Crippen molar-refractivity contribution in [2.75, 3.05) is 5.32 Å². The van der Waals surface area contributed by atoms with Gasteiger partial charge in [0.05, 0.1) is 24.3 Å². The average Bonchev–Trinajstić information content (AvgIpc) is 3.48. The molecule has 3 heterocycles. The first kappa shape index (κ1) is 22.3. The van der Waals surface area contributed by atoms with E-state index in [1.54, 1.807) is 23.1 Å². The molecule has 0 fully saturated rings. The number of carbonyl (C=O) groups excluding carboxylic acids is 1. The second-order valence-corrected chi connectivity index (χ2v) is 8.61. The van der Waals surface area contributed by atoms with Crippen LogP contribution in [-0.2, 0) is 13.1 Å². The van der Waals surface area contributed by atoms with E-state index in [1.807, 2.05) is 60.3 Å². The summed E-state index contributed by atoms with van der Waals surface area (Å²) in [6, 6.07) is 23.9. The molecule has 0 aliphatic carbocycles. The molecule has 3 aromatic heterocycles. The molecule has 0 aliphatic heterocycles. The van der Waals surface area contributed by atoms with Crippen LogP contribution in [0.1, 0.15) is 32.7 Å². The number of hydrogen-bond acceptors (Lipinski definition) is 4. The minimum atomic E-state index is -0.251. The molecule has 7 heteroatoms. The largest absolute Gasteiger partial charge is 0.305 e. The number of nitrogens with one attached hydrogen (secondary N) is 1. The summed E-state index contributed by atoms with van der Waals surface area (Å²) in [5.74, 6) is 0.228. The van der Waals surface area contributed by atoms with Gasteiger partial charge in [0, 0.05) is 30.2 Å². The van der Waals surface area contributed by atoms with Gasteiger partial charge in [-0.2, -0.15) is 10.2 Å². The van der Waals surface area contributed by atoms with Gasteiger partial charge in [0.15, 0.2) is 5.82 Å². The van der Waals surface area contributed by atoms with Crippen molar-refractivity contribution in [1.29, 1.82) is 0 Å². The van der Waals surface area contributed by atoms with Gasteiger partial charge in [-0.25, -0.2) is 0 Å². The number of benzene rings is 2. The van der Waals surface area contributed by atoms with Crippen LogP contribution in [0.25, 0.3) is 11.3 Å². The van der Waals surface area contributed by atoms with Gasteiger partial charge in [0.2, 0.25) is 0 Å². The molecule has 0 atom stereocenters. The number of amides is 1. The van der Waals surface area contributed by atoms with Crippen LogP contribution in [0.15, 0.2) is 91.4 Å². The fourth-order valence-corrected chi connectivity index (χ4v) is 3.83. The van der Waals surface area contributed by atoms with Crippen molar-refractivity contribution in [3.05, 3.63) is 119 Å². The minimum absolute atomic E-state index is 0.251. The fraction of sp³-hybridized carbons (Fsp3) is 0.143. The van der Waals surface area contributed by atoms with Crippen LogP contribution in [0, 0.1) is 13.8 Å². The number of pyridine rings is 1. The number of aryl methyl sites for hydroxylation is 2. The molecule has 0 bridgehead atoms. The quantitative estimate of drug-likeness (QED) is 0.365. The molecule has 5 aromatic rings. The number of carbonyl (C=O) groups is 1. The molecule has 1 amide bonds.